The van der Waals surface area contributed by atoms with Crippen molar-refractivity contribution in [3.8, 4) is 5.75 Å². The van der Waals surface area contributed by atoms with Crippen molar-refractivity contribution in [2.75, 3.05) is 6.54 Å². The molecule has 1 unspecified atom stereocenters. The third kappa shape index (κ3) is 5.63. The second-order valence-corrected chi connectivity index (χ2v) is 6.64. The van der Waals surface area contributed by atoms with Crippen LogP contribution in [0.25, 0.3) is 6.08 Å². The van der Waals surface area contributed by atoms with Crippen molar-refractivity contribution >= 4 is 18.0 Å². The van der Waals surface area contributed by atoms with Crippen molar-refractivity contribution in [3.63, 3.8) is 0 Å². The van der Waals surface area contributed by atoms with Gasteiger partial charge in [-0.2, -0.15) is 8.78 Å². The van der Waals surface area contributed by atoms with Crippen molar-refractivity contribution in [1.29, 1.82) is 0 Å². The van der Waals surface area contributed by atoms with Gasteiger partial charge >= 0.3 is 12.6 Å². The van der Waals surface area contributed by atoms with Gasteiger partial charge in [-0.05, 0) is 48.2 Å². The van der Waals surface area contributed by atoms with Crippen LogP contribution in [0.1, 0.15) is 23.6 Å². The quantitative estimate of drug-likeness (QED) is 0.546. The van der Waals surface area contributed by atoms with E-state index < -0.39 is 18.7 Å². The maximum atomic E-state index is 12.6. The van der Waals surface area contributed by atoms with E-state index in [9.17, 15) is 18.4 Å². The second-order valence-electron chi connectivity index (χ2n) is 6.64. The van der Waals surface area contributed by atoms with Gasteiger partial charge in [0.2, 0.25) is 0 Å². The maximum absolute atomic E-state index is 12.6. The van der Waals surface area contributed by atoms with Crippen LogP contribution in [0.2, 0.25) is 0 Å². The van der Waals surface area contributed by atoms with Gasteiger partial charge in [-0.1, -0.05) is 36.4 Å². The van der Waals surface area contributed by atoms with Gasteiger partial charge < -0.3 is 14.4 Å². The minimum Gasteiger partial charge on any atom is -0.449 e. The van der Waals surface area contributed by atoms with Crippen LogP contribution in [-0.4, -0.2) is 36.0 Å². The molecule has 1 atom stereocenters. The van der Waals surface area contributed by atoms with E-state index in [2.05, 4.69) is 10.8 Å². The summed E-state index contributed by atoms with van der Waals surface area (Å²) in [5, 5.41) is 0. The molecule has 152 valence electrons. The Bertz CT molecular complexity index is 896. The Kier molecular flexibility index (Phi) is 6.59. The molecule has 5 nitrogen and oxygen atoms in total. The van der Waals surface area contributed by atoms with Crippen molar-refractivity contribution in [2.24, 2.45) is 0 Å². The Hall–Kier alpha value is -3.22. The molecule has 0 saturated carbocycles. The zero-order valence-electron chi connectivity index (χ0n) is 15.9. The minimum absolute atomic E-state index is 0.0297. The Labute approximate surface area is 167 Å². The van der Waals surface area contributed by atoms with Crippen LogP contribution in [0.4, 0.5) is 8.78 Å². The number of carbonyl (C=O) groups excluding carboxylic acids is 2. The first-order chi connectivity index (χ1) is 13.9. The number of esters is 1. The lowest BCUT2D eigenvalue weighted by molar-refractivity contribution is -0.155. The summed E-state index contributed by atoms with van der Waals surface area (Å²) < 4.78 is 33.8. The third-order valence-electron chi connectivity index (χ3n) is 4.60. The van der Waals surface area contributed by atoms with E-state index >= 15 is 0 Å². The molecule has 0 fully saturated rings. The molecule has 1 heterocycles. The number of halogens is 2. The standard InChI is InChI=1S/C22H21F2NO4/c1-15(21(27)25-13-12-17-4-2-3-5-18(17)14-25)28-20(26)11-8-16-6-9-19(10-7-16)29-22(23)24/h2-11,15,22H,12-14H2,1H3/b11-8+. The van der Waals surface area contributed by atoms with Crippen LogP contribution < -0.4 is 4.74 Å². The van der Waals surface area contributed by atoms with Crippen molar-refractivity contribution in [1.82, 2.24) is 4.90 Å². The van der Waals surface area contributed by atoms with Gasteiger partial charge in [0, 0.05) is 19.2 Å². The number of alkyl halides is 2. The Morgan fingerprint density at radius 3 is 2.45 bits per heavy atom. The first-order valence-corrected chi connectivity index (χ1v) is 9.21. The smallest absolute Gasteiger partial charge is 0.387 e. The Morgan fingerprint density at radius 2 is 1.76 bits per heavy atom. The number of carbonyl (C=O) groups is 2. The van der Waals surface area contributed by atoms with E-state index in [1.54, 1.807) is 11.8 Å². The number of benzene rings is 2. The first kappa shape index (κ1) is 20.5. The molecule has 2 aromatic carbocycles. The summed E-state index contributed by atoms with van der Waals surface area (Å²) in [7, 11) is 0. The van der Waals surface area contributed by atoms with E-state index in [1.165, 1.54) is 42.0 Å². The number of hydrogen-bond donors (Lipinski definition) is 0. The van der Waals surface area contributed by atoms with E-state index in [-0.39, 0.29) is 11.7 Å². The molecule has 1 aliphatic heterocycles. The third-order valence-corrected chi connectivity index (χ3v) is 4.60. The molecule has 1 amide bonds. The summed E-state index contributed by atoms with van der Waals surface area (Å²) >= 11 is 0. The van der Waals surface area contributed by atoms with Crippen LogP contribution in [0.15, 0.2) is 54.6 Å². The average molecular weight is 401 g/mol. The summed E-state index contributed by atoms with van der Waals surface area (Å²) in [5.41, 5.74) is 2.94. The molecule has 0 N–H and O–H groups in total. The van der Waals surface area contributed by atoms with Gasteiger partial charge in [0.25, 0.3) is 5.91 Å². The molecule has 3 rings (SSSR count). The van der Waals surface area contributed by atoms with Crippen LogP contribution >= 0.6 is 0 Å². The molecule has 0 saturated heterocycles. The first-order valence-electron chi connectivity index (χ1n) is 9.21. The predicted octanol–water partition coefficient (Wildman–Crippen LogP) is 3.82. The highest BCUT2D eigenvalue weighted by molar-refractivity contribution is 5.90. The Morgan fingerprint density at radius 1 is 1.07 bits per heavy atom. The van der Waals surface area contributed by atoms with Crippen molar-refractivity contribution in [2.45, 2.75) is 32.6 Å². The topological polar surface area (TPSA) is 55.8 Å². The van der Waals surface area contributed by atoms with Crippen LogP contribution in [-0.2, 0) is 27.3 Å². The van der Waals surface area contributed by atoms with Gasteiger partial charge in [-0.25, -0.2) is 4.79 Å². The zero-order valence-corrected chi connectivity index (χ0v) is 15.9. The number of nitrogens with zero attached hydrogens (tertiary/aromatic N) is 1. The van der Waals surface area contributed by atoms with E-state index in [0.29, 0.717) is 18.7 Å². The fourth-order valence-electron chi connectivity index (χ4n) is 3.13. The molecule has 0 radical (unpaired) electrons. The summed E-state index contributed by atoms with van der Waals surface area (Å²) in [4.78, 5) is 26.3. The fraction of sp³-hybridized carbons (Fsp3) is 0.273. The van der Waals surface area contributed by atoms with E-state index in [1.807, 2.05) is 18.2 Å². The largest absolute Gasteiger partial charge is 0.449 e. The SMILES string of the molecule is CC(OC(=O)/C=C/c1ccc(OC(F)F)cc1)C(=O)N1CCc2ccccc2C1. The number of hydrogen-bond acceptors (Lipinski definition) is 4. The van der Waals surface area contributed by atoms with Crippen LogP contribution in [0.3, 0.4) is 0 Å². The molecule has 1 aliphatic rings. The normalized spacial score (nSPS) is 14.6. The van der Waals surface area contributed by atoms with Gasteiger partial charge in [0.1, 0.15) is 5.75 Å². The maximum Gasteiger partial charge on any atom is 0.387 e. The number of fused-ring (bicyclic) bond motifs is 1. The van der Waals surface area contributed by atoms with Gasteiger partial charge in [-0.15, -0.1) is 0 Å². The molecule has 2 aromatic rings. The summed E-state index contributed by atoms with van der Waals surface area (Å²) in [6, 6.07) is 13.8. The molecule has 0 spiro atoms. The average Bonchev–Trinajstić information content (AvgIpc) is 2.72. The zero-order chi connectivity index (χ0) is 20.8. The lowest BCUT2D eigenvalue weighted by Crippen LogP contribution is -2.42. The van der Waals surface area contributed by atoms with E-state index in [4.69, 9.17) is 4.74 Å². The molecule has 0 aromatic heterocycles. The number of rotatable bonds is 6. The van der Waals surface area contributed by atoms with Crippen molar-refractivity contribution < 1.29 is 27.8 Å². The second kappa shape index (κ2) is 9.32. The molecule has 0 bridgehead atoms. The minimum atomic E-state index is -2.89. The number of ether oxygens (including phenoxy) is 2. The lowest BCUT2D eigenvalue weighted by Gasteiger charge is -2.30. The highest BCUT2D eigenvalue weighted by Gasteiger charge is 2.26. The van der Waals surface area contributed by atoms with E-state index in [0.717, 1.165) is 12.0 Å². The highest BCUT2D eigenvalue weighted by Crippen LogP contribution is 2.20. The summed E-state index contributed by atoms with van der Waals surface area (Å²) in [6.45, 7) is -0.260. The van der Waals surface area contributed by atoms with Crippen molar-refractivity contribution in [3.05, 3.63) is 71.3 Å². The predicted molar refractivity (Wildman–Crippen MR) is 103 cm³/mol. The monoisotopic (exact) mass is 401 g/mol. The fourth-order valence-corrected chi connectivity index (χ4v) is 3.13. The van der Waals surface area contributed by atoms with Gasteiger partial charge in [0.05, 0.1) is 0 Å². The summed E-state index contributed by atoms with van der Waals surface area (Å²) in [5.74, 6) is -0.868. The molecular weight excluding hydrogens is 380 g/mol. The molecule has 7 heteroatoms. The van der Waals surface area contributed by atoms with Crippen LogP contribution in [0.5, 0.6) is 5.75 Å². The summed E-state index contributed by atoms with van der Waals surface area (Å²) in [6.07, 6.45) is 2.54. The molecule has 0 aliphatic carbocycles. The van der Waals surface area contributed by atoms with Crippen LogP contribution in [0, 0.1) is 0 Å². The van der Waals surface area contributed by atoms with Gasteiger partial charge in [0.15, 0.2) is 6.10 Å². The lowest BCUT2D eigenvalue weighted by atomic mass is 9.99. The van der Waals surface area contributed by atoms with Gasteiger partial charge in [-0.3, -0.25) is 4.79 Å². The molecule has 29 heavy (non-hydrogen) atoms. The molecular formula is C22H21F2NO4. The Balaban J connectivity index is 1.52. The number of amides is 1. The highest BCUT2D eigenvalue weighted by atomic mass is 19.3.